The molecule has 150 valence electrons. The number of nitrogens with one attached hydrogen (secondary N) is 1. The first kappa shape index (κ1) is 20.7. The van der Waals surface area contributed by atoms with Crippen LogP contribution in [-0.4, -0.2) is 40.6 Å². The van der Waals surface area contributed by atoms with Gasteiger partial charge in [-0.15, -0.1) is 0 Å². The van der Waals surface area contributed by atoms with E-state index in [4.69, 9.17) is 0 Å². The van der Waals surface area contributed by atoms with Crippen molar-refractivity contribution in [1.29, 1.82) is 0 Å². The molecule has 6 heteroatoms. The average Bonchev–Trinajstić information content (AvgIpc) is 2.73. The van der Waals surface area contributed by atoms with Crippen molar-refractivity contribution in [1.82, 2.24) is 9.62 Å². The van der Waals surface area contributed by atoms with Crippen molar-refractivity contribution >= 4 is 23.5 Å². The number of rotatable bonds is 7. The molecule has 0 saturated carbocycles. The monoisotopic (exact) mass is 399 g/mol. The van der Waals surface area contributed by atoms with E-state index < -0.39 is 12.3 Å². The molecule has 0 radical (unpaired) electrons. The quantitative estimate of drug-likeness (QED) is 0.694. The van der Waals surface area contributed by atoms with Gasteiger partial charge in [0, 0.05) is 18.0 Å². The summed E-state index contributed by atoms with van der Waals surface area (Å²) in [5, 5.41) is 13.7. The minimum Gasteiger partial charge on any atom is -0.386 e. The Morgan fingerprint density at radius 2 is 1.82 bits per heavy atom. The first-order chi connectivity index (χ1) is 13.6. The Morgan fingerprint density at radius 1 is 1.14 bits per heavy atom. The van der Waals surface area contributed by atoms with E-state index in [-0.39, 0.29) is 11.9 Å². The van der Waals surface area contributed by atoms with Gasteiger partial charge in [-0.25, -0.2) is 4.31 Å². The maximum atomic E-state index is 13.3. The van der Waals surface area contributed by atoms with Crippen LogP contribution in [0.2, 0.25) is 0 Å². The maximum absolute atomic E-state index is 13.3. The summed E-state index contributed by atoms with van der Waals surface area (Å²) in [6, 6.07) is 17.3. The van der Waals surface area contributed by atoms with E-state index in [1.54, 1.807) is 11.9 Å². The van der Waals surface area contributed by atoms with Crippen LogP contribution in [0.15, 0.2) is 59.5 Å². The van der Waals surface area contributed by atoms with Gasteiger partial charge in [0.1, 0.15) is 0 Å². The Hall–Kier alpha value is -2.02. The van der Waals surface area contributed by atoms with Crippen LogP contribution in [0.1, 0.15) is 38.9 Å². The van der Waals surface area contributed by atoms with Gasteiger partial charge in [-0.2, -0.15) is 0 Å². The van der Waals surface area contributed by atoms with E-state index in [1.807, 2.05) is 49.4 Å². The van der Waals surface area contributed by atoms with Crippen LogP contribution in [0.25, 0.3) is 0 Å². The molecule has 1 aliphatic heterocycles. The second kappa shape index (κ2) is 9.45. The molecule has 1 aliphatic rings. The van der Waals surface area contributed by atoms with E-state index in [9.17, 15) is 9.90 Å². The van der Waals surface area contributed by atoms with E-state index in [0.29, 0.717) is 0 Å². The van der Waals surface area contributed by atoms with Crippen LogP contribution < -0.4 is 10.2 Å². The zero-order valence-corrected chi connectivity index (χ0v) is 17.5. The predicted octanol–water partition coefficient (Wildman–Crippen LogP) is 3.81. The zero-order valence-electron chi connectivity index (χ0n) is 16.7. The molecule has 1 amide bonds. The van der Waals surface area contributed by atoms with E-state index in [2.05, 4.69) is 40.5 Å². The zero-order chi connectivity index (χ0) is 20.1. The van der Waals surface area contributed by atoms with Crippen molar-refractivity contribution in [2.75, 3.05) is 18.0 Å². The summed E-state index contributed by atoms with van der Waals surface area (Å²) < 4.78 is 2.11. The fourth-order valence-electron chi connectivity index (χ4n) is 3.55. The van der Waals surface area contributed by atoms with Crippen LogP contribution in [0.4, 0.5) is 5.69 Å². The highest BCUT2D eigenvalue weighted by atomic mass is 32.2. The molecule has 0 aromatic heterocycles. The van der Waals surface area contributed by atoms with Crippen molar-refractivity contribution in [2.45, 2.75) is 50.4 Å². The first-order valence-electron chi connectivity index (χ1n) is 9.90. The molecule has 1 heterocycles. The van der Waals surface area contributed by atoms with E-state index in [0.717, 1.165) is 30.8 Å². The SMILES string of the molecule is CCCN1c2ccccc2SN(CC)C1C(=O)N[C@@H](C)C(O)c1ccccc1. The van der Waals surface area contributed by atoms with Crippen molar-refractivity contribution in [2.24, 2.45) is 0 Å². The number of fused-ring (bicyclic) bond motifs is 1. The lowest BCUT2D eigenvalue weighted by Crippen LogP contribution is -2.58. The normalized spacial score (nSPS) is 19.0. The number of benzene rings is 2. The molecular weight excluding hydrogens is 370 g/mol. The van der Waals surface area contributed by atoms with Gasteiger partial charge < -0.3 is 15.3 Å². The van der Waals surface area contributed by atoms with Crippen LogP contribution in [0, 0.1) is 0 Å². The lowest BCUT2D eigenvalue weighted by molar-refractivity contribution is -0.126. The molecule has 3 rings (SSSR count). The maximum Gasteiger partial charge on any atom is 0.259 e. The smallest absolute Gasteiger partial charge is 0.259 e. The van der Waals surface area contributed by atoms with E-state index >= 15 is 0 Å². The number of anilines is 1. The van der Waals surface area contributed by atoms with Crippen LogP contribution in [0.3, 0.4) is 0 Å². The second-order valence-electron chi connectivity index (χ2n) is 7.01. The van der Waals surface area contributed by atoms with Crippen LogP contribution in [-0.2, 0) is 4.79 Å². The Kier molecular flexibility index (Phi) is 6.99. The number of hydrogen-bond acceptors (Lipinski definition) is 5. The molecule has 2 unspecified atom stereocenters. The Bertz CT molecular complexity index is 786. The Labute approximate surface area is 171 Å². The fraction of sp³-hybridized carbons (Fsp3) is 0.409. The first-order valence-corrected chi connectivity index (χ1v) is 10.7. The van der Waals surface area contributed by atoms with Crippen molar-refractivity contribution < 1.29 is 9.90 Å². The largest absolute Gasteiger partial charge is 0.386 e. The van der Waals surface area contributed by atoms with Crippen molar-refractivity contribution in [3.8, 4) is 0 Å². The number of aliphatic hydroxyl groups is 1. The summed E-state index contributed by atoms with van der Waals surface area (Å²) >= 11 is 1.62. The number of aliphatic hydroxyl groups excluding tert-OH is 1. The minimum absolute atomic E-state index is 0.0835. The third kappa shape index (κ3) is 4.35. The second-order valence-corrected chi connectivity index (χ2v) is 8.10. The molecule has 2 aromatic carbocycles. The van der Waals surface area contributed by atoms with Crippen molar-refractivity contribution in [3.05, 3.63) is 60.2 Å². The molecular formula is C22H29N3O2S. The molecule has 2 N–H and O–H groups in total. The molecule has 0 spiro atoms. The van der Waals surface area contributed by atoms with Gasteiger partial charge >= 0.3 is 0 Å². The number of para-hydroxylation sites is 1. The Morgan fingerprint density at radius 3 is 2.50 bits per heavy atom. The highest BCUT2D eigenvalue weighted by Gasteiger charge is 2.38. The summed E-state index contributed by atoms with van der Waals surface area (Å²) in [6.07, 6.45) is -0.207. The van der Waals surface area contributed by atoms with Crippen LogP contribution >= 0.6 is 11.9 Å². The summed E-state index contributed by atoms with van der Waals surface area (Å²) in [4.78, 5) is 16.6. The third-order valence-corrected chi connectivity index (χ3v) is 6.19. The van der Waals surface area contributed by atoms with Gasteiger partial charge in [-0.1, -0.05) is 56.3 Å². The third-order valence-electron chi connectivity index (χ3n) is 4.95. The summed E-state index contributed by atoms with van der Waals surface area (Å²) in [5.74, 6) is -0.0835. The average molecular weight is 400 g/mol. The lowest BCUT2D eigenvalue weighted by atomic mass is 10.0. The standard InChI is InChI=1S/C22H29N3O2S/c1-4-15-24-18-13-9-10-14-19(18)28-25(5-2)22(24)21(27)23-16(3)20(26)17-11-7-6-8-12-17/h6-14,16,20,22,26H,4-5,15H2,1-3H3,(H,23,27)/t16-,20?,22?/m0/s1. The molecule has 0 aliphatic carbocycles. The van der Waals surface area contributed by atoms with Gasteiger partial charge in [-0.05, 0) is 43.0 Å². The number of amides is 1. The number of nitrogens with zero attached hydrogens (tertiary/aromatic N) is 2. The van der Waals surface area contributed by atoms with Gasteiger partial charge in [0.05, 0.1) is 17.8 Å². The minimum atomic E-state index is -0.747. The van der Waals surface area contributed by atoms with Crippen molar-refractivity contribution in [3.63, 3.8) is 0 Å². The van der Waals surface area contributed by atoms with E-state index in [1.165, 1.54) is 4.90 Å². The molecule has 5 nitrogen and oxygen atoms in total. The summed E-state index contributed by atoms with van der Waals surface area (Å²) in [6.45, 7) is 7.57. The molecule has 0 fully saturated rings. The molecule has 3 atom stereocenters. The van der Waals surface area contributed by atoms with Gasteiger partial charge in [0.15, 0.2) is 6.17 Å². The lowest BCUT2D eigenvalue weighted by Gasteiger charge is -2.44. The molecule has 2 aromatic rings. The highest BCUT2D eigenvalue weighted by Crippen LogP contribution is 2.40. The highest BCUT2D eigenvalue weighted by molar-refractivity contribution is 7.97. The molecule has 28 heavy (non-hydrogen) atoms. The summed E-state index contributed by atoms with van der Waals surface area (Å²) in [7, 11) is 0. The predicted molar refractivity (Wildman–Crippen MR) is 115 cm³/mol. The van der Waals surface area contributed by atoms with Gasteiger partial charge in [0.2, 0.25) is 0 Å². The number of likely N-dealkylation sites (N-methyl/N-ethyl adjacent to an activating group) is 1. The number of hydrogen-bond donors (Lipinski definition) is 2. The number of carbonyl (C=O) groups is 1. The van der Waals surface area contributed by atoms with Gasteiger partial charge in [-0.3, -0.25) is 4.79 Å². The fourth-order valence-corrected chi connectivity index (χ4v) is 4.65. The molecule has 0 saturated heterocycles. The molecule has 0 bridgehead atoms. The number of carbonyl (C=O) groups excluding carboxylic acids is 1. The summed E-state index contributed by atoms with van der Waals surface area (Å²) in [5.41, 5.74) is 1.90. The topological polar surface area (TPSA) is 55.8 Å². The van der Waals surface area contributed by atoms with Crippen LogP contribution in [0.5, 0.6) is 0 Å². The van der Waals surface area contributed by atoms with Gasteiger partial charge in [0.25, 0.3) is 5.91 Å². The Balaban J connectivity index is 1.81.